The van der Waals surface area contributed by atoms with Gasteiger partial charge in [-0.05, 0) is 12.8 Å². The summed E-state index contributed by atoms with van der Waals surface area (Å²) in [6, 6.07) is 0. The Morgan fingerprint density at radius 3 is 2.54 bits per heavy atom. The molecular formula is C9H13NO3. The molecule has 0 aromatic heterocycles. The van der Waals surface area contributed by atoms with Crippen LogP contribution in [-0.4, -0.2) is 23.5 Å². The second-order valence-electron chi connectivity index (χ2n) is 3.36. The maximum atomic E-state index is 11.0. The Balaban J connectivity index is 2.30. The molecule has 1 rings (SSSR count). The summed E-state index contributed by atoms with van der Waals surface area (Å²) in [4.78, 5) is 21.6. The third-order valence-electron chi connectivity index (χ3n) is 2.26. The van der Waals surface area contributed by atoms with Crippen molar-refractivity contribution in [2.24, 2.45) is 5.41 Å². The Hall–Kier alpha value is -1.32. The number of carbonyl (C=O) groups excluding carboxylic acids is 1. The predicted molar refractivity (Wildman–Crippen MR) is 47.1 cm³/mol. The van der Waals surface area contributed by atoms with Gasteiger partial charge in [-0.1, -0.05) is 6.08 Å². The van der Waals surface area contributed by atoms with Crippen molar-refractivity contribution < 1.29 is 14.7 Å². The van der Waals surface area contributed by atoms with Crippen LogP contribution >= 0.6 is 0 Å². The van der Waals surface area contributed by atoms with E-state index < -0.39 is 11.4 Å². The van der Waals surface area contributed by atoms with Gasteiger partial charge in [0.25, 0.3) is 0 Å². The molecule has 0 aromatic carbocycles. The largest absolute Gasteiger partial charge is 0.481 e. The number of hydrogen-bond acceptors (Lipinski definition) is 2. The second kappa shape index (κ2) is 3.60. The molecule has 0 aliphatic heterocycles. The highest BCUT2D eigenvalue weighted by atomic mass is 16.4. The highest BCUT2D eigenvalue weighted by molar-refractivity contribution is 5.81. The number of hydrogen-bond donors (Lipinski definition) is 2. The molecule has 4 nitrogen and oxygen atoms in total. The fourth-order valence-corrected chi connectivity index (χ4v) is 1.09. The molecule has 0 heterocycles. The van der Waals surface area contributed by atoms with E-state index in [0.717, 1.165) is 0 Å². The topological polar surface area (TPSA) is 66.4 Å². The maximum Gasteiger partial charge on any atom is 0.311 e. The summed E-state index contributed by atoms with van der Waals surface area (Å²) in [6.07, 6.45) is 3.07. The maximum absolute atomic E-state index is 11.0. The Morgan fingerprint density at radius 1 is 1.54 bits per heavy atom. The average Bonchev–Trinajstić information content (AvgIpc) is 2.82. The molecule has 0 spiro atoms. The lowest BCUT2D eigenvalue weighted by molar-refractivity contribution is -0.143. The molecule has 72 valence electrons. The fraction of sp³-hybridized carbons (Fsp3) is 0.556. The second-order valence-corrected chi connectivity index (χ2v) is 3.36. The molecule has 4 heteroatoms. The molecule has 0 radical (unpaired) electrons. The van der Waals surface area contributed by atoms with Crippen molar-refractivity contribution in [2.75, 3.05) is 6.54 Å². The van der Waals surface area contributed by atoms with Gasteiger partial charge in [-0.3, -0.25) is 9.59 Å². The zero-order valence-corrected chi connectivity index (χ0v) is 7.38. The number of aliphatic carboxylic acids is 1. The number of rotatable bonds is 5. The minimum Gasteiger partial charge on any atom is -0.481 e. The molecule has 1 aliphatic rings. The van der Waals surface area contributed by atoms with Gasteiger partial charge in [-0.25, -0.2) is 0 Å². The van der Waals surface area contributed by atoms with Gasteiger partial charge in [0.05, 0.1) is 5.41 Å². The van der Waals surface area contributed by atoms with Gasteiger partial charge < -0.3 is 10.4 Å². The first-order valence-corrected chi connectivity index (χ1v) is 4.22. The lowest BCUT2D eigenvalue weighted by Gasteiger charge is -2.09. The van der Waals surface area contributed by atoms with E-state index in [1.165, 1.54) is 6.08 Å². The van der Waals surface area contributed by atoms with E-state index in [4.69, 9.17) is 5.11 Å². The molecule has 1 fully saturated rings. The lowest BCUT2D eigenvalue weighted by atomic mass is 10.1. The Morgan fingerprint density at radius 2 is 2.15 bits per heavy atom. The summed E-state index contributed by atoms with van der Waals surface area (Å²) in [5.74, 6) is -0.978. The summed E-state index contributed by atoms with van der Waals surface area (Å²) < 4.78 is 0. The molecular weight excluding hydrogens is 170 g/mol. The smallest absolute Gasteiger partial charge is 0.311 e. The molecule has 0 saturated heterocycles. The minimum absolute atomic E-state index is 0.164. The van der Waals surface area contributed by atoms with E-state index in [2.05, 4.69) is 11.9 Å². The molecule has 1 aliphatic carbocycles. The molecule has 0 aromatic rings. The molecule has 1 amide bonds. The quantitative estimate of drug-likeness (QED) is 0.611. The predicted octanol–water partition coefficient (Wildman–Crippen LogP) is 0.543. The third kappa shape index (κ3) is 2.31. The van der Waals surface area contributed by atoms with E-state index in [0.29, 0.717) is 12.8 Å². The van der Waals surface area contributed by atoms with Crippen molar-refractivity contribution in [2.45, 2.75) is 19.3 Å². The van der Waals surface area contributed by atoms with Crippen LogP contribution in [-0.2, 0) is 9.59 Å². The molecule has 0 atom stereocenters. The van der Waals surface area contributed by atoms with Gasteiger partial charge in [0.2, 0.25) is 5.91 Å². The normalized spacial score (nSPS) is 17.5. The van der Waals surface area contributed by atoms with Crippen LogP contribution in [0.4, 0.5) is 0 Å². The van der Waals surface area contributed by atoms with E-state index >= 15 is 0 Å². The van der Waals surface area contributed by atoms with Crippen molar-refractivity contribution in [1.82, 2.24) is 5.32 Å². The van der Waals surface area contributed by atoms with Crippen LogP contribution in [0.1, 0.15) is 19.3 Å². The van der Waals surface area contributed by atoms with Crippen LogP contribution in [0.25, 0.3) is 0 Å². The molecule has 13 heavy (non-hydrogen) atoms. The fourth-order valence-electron chi connectivity index (χ4n) is 1.09. The average molecular weight is 183 g/mol. The van der Waals surface area contributed by atoms with Crippen molar-refractivity contribution in [1.29, 1.82) is 0 Å². The number of amides is 1. The number of carboxylic acid groups (broad SMARTS) is 1. The Kier molecular flexibility index (Phi) is 2.70. The van der Waals surface area contributed by atoms with Crippen LogP contribution in [0.5, 0.6) is 0 Å². The van der Waals surface area contributed by atoms with E-state index in [1.807, 2.05) is 0 Å². The standard InChI is InChI=1S/C9H13NO3/c1-2-3-7(11)10-6-9(4-5-9)8(12)13/h2H,1,3-6H2,(H,10,11)(H,12,13). The van der Waals surface area contributed by atoms with Crippen molar-refractivity contribution in [3.05, 3.63) is 12.7 Å². The third-order valence-corrected chi connectivity index (χ3v) is 2.26. The van der Waals surface area contributed by atoms with Crippen molar-refractivity contribution >= 4 is 11.9 Å². The first-order chi connectivity index (χ1) is 6.10. The monoisotopic (exact) mass is 183 g/mol. The van der Waals surface area contributed by atoms with Gasteiger partial charge >= 0.3 is 5.97 Å². The molecule has 0 unspecified atom stereocenters. The van der Waals surface area contributed by atoms with Crippen molar-refractivity contribution in [3.63, 3.8) is 0 Å². The Labute approximate surface area is 76.6 Å². The summed E-state index contributed by atoms with van der Waals surface area (Å²) in [7, 11) is 0. The highest BCUT2D eigenvalue weighted by Gasteiger charge is 2.50. The van der Waals surface area contributed by atoms with Crippen LogP contribution < -0.4 is 5.32 Å². The van der Waals surface area contributed by atoms with Crippen LogP contribution in [0.15, 0.2) is 12.7 Å². The zero-order chi connectivity index (χ0) is 9.90. The van der Waals surface area contributed by atoms with Gasteiger partial charge in [0, 0.05) is 13.0 Å². The first kappa shape index (κ1) is 9.77. The number of nitrogens with one attached hydrogen (secondary N) is 1. The number of carboxylic acids is 1. The van der Waals surface area contributed by atoms with Crippen molar-refractivity contribution in [3.8, 4) is 0 Å². The highest BCUT2D eigenvalue weighted by Crippen LogP contribution is 2.45. The first-order valence-electron chi connectivity index (χ1n) is 4.22. The molecule has 1 saturated carbocycles. The van der Waals surface area contributed by atoms with Crippen LogP contribution in [0, 0.1) is 5.41 Å². The zero-order valence-electron chi connectivity index (χ0n) is 7.38. The minimum atomic E-state index is -0.814. The summed E-state index contributed by atoms with van der Waals surface area (Å²) >= 11 is 0. The van der Waals surface area contributed by atoms with Gasteiger partial charge in [0.15, 0.2) is 0 Å². The number of carbonyl (C=O) groups is 2. The van der Waals surface area contributed by atoms with E-state index in [1.54, 1.807) is 0 Å². The summed E-state index contributed by atoms with van der Waals surface area (Å²) in [6.45, 7) is 3.66. The van der Waals surface area contributed by atoms with Gasteiger partial charge in [0.1, 0.15) is 0 Å². The SMILES string of the molecule is C=CCC(=O)NCC1(C(=O)O)CC1. The molecule has 0 bridgehead atoms. The lowest BCUT2D eigenvalue weighted by Crippen LogP contribution is -2.33. The van der Waals surface area contributed by atoms with E-state index in [-0.39, 0.29) is 18.9 Å². The van der Waals surface area contributed by atoms with Gasteiger partial charge in [-0.15, -0.1) is 6.58 Å². The van der Waals surface area contributed by atoms with Crippen LogP contribution in [0.2, 0.25) is 0 Å². The Bertz CT molecular complexity index is 243. The van der Waals surface area contributed by atoms with Crippen LogP contribution in [0.3, 0.4) is 0 Å². The van der Waals surface area contributed by atoms with Gasteiger partial charge in [-0.2, -0.15) is 0 Å². The van der Waals surface area contributed by atoms with E-state index in [9.17, 15) is 9.59 Å². The molecule has 2 N–H and O–H groups in total. The summed E-state index contributed by atoms with van der Waals surface area (Å²) in [5, 5.41) is 11.4. The summed E-state index contributed by atoms with van der Waals surface area (Å²) in [5.41, 5.74) is -0.670.